The fraction of sp³-hybridized carbons (Fsp3) is 0.276. The summed E-state index contributed by atoms with van der Waals surface area (Å²) in [7, 11) is 6.01. The van der Waals surface area contributed by atoms with Gasteiger partial charge in [-0.25, -0.2) is 9.67 Å². The van der Waals surface area contributed by atoms with Gasteiger partial charge in [0.1, 0.15) is 29.2 Å². The number of anilines is 1. The van der Waals surface area contributed by atoms with Gasteiger partial charge < -0.3 is 5.32 Å². The number of amides is 1. The van der Waals surface area contributed by atoms with Gasteiger partial charge in [0.2, 0.25) is 5.91 Å². The van der Waals surface area contributed by atoms with Crippen LogP contribution < -0.4 is 10.9 Å². The highest BCUT2D eigenvalue weighted by molar-refractivity contribution is 6.56. The van der Waals surface area contributed by atoms with Gasteiger partial charge in [0.25, 0.3) is 5.56 Å². The van der Waals surface area contributed by atoms with Crippen LogP contribution in [0, 0.1) is 5.92 Å². The summed E-state index contributed by atoms with van der Waals surface area (Å²) >= 11 is 6.26. The Kier molecular flexibility index (Phi) is 8.37. The Morgan fingerprint density at radius 3 is 2.51 bits per heavy atom. The van der Waals surface area contributed by atoms with Crippen molar-refractivity contribution in [3.05, 3.63) is 87.9 Å². The van der Waals surface area contributed by atoms with Crippen LogP contribution in [0.1, 0.15) is 43.5 Å². The minimum absolute atomic E-state index is 0.136. The van der Waals surface area contributed by atoms with Crippen molar-refractivity contribution in [2.75, 3.05) is 5.32 Å². The molecule has 0 fully saturated rings. The number of aromatic nitrogens is 8. The zero-order valence-electron chi connectivity index (χ0n) is 26.0. The predicted molar refractivity (Wildman–Crippen MR) is 178 cm³/mol. The average molecular weight is 659 g/mol. The molecule has 0 spiro atoms. The smallest absolute Gasteiger partial charge is 0.323 e. The molecule has 5 heterocycles. The van der Waals surface area contributed by atoms with E-state index in [0.717, 1.165) is 16.4 Å². The first kappa shape index (κ1) is 32.3. The first-order valence-corrected chi connectivity index (χ1v) is 15.3. The molecule has 4 aromatic heterocycles. The summed E-state index contributed by atoms with van der Waals surface area (Å²) in [4.78, 5) is 36.2. The summed E-state index contributed by atoms with van der Waals surface area (Å²) in [5.41, 5.74) is 1.74. The van der Waals surface area contributed by atoms with E-state index in [1.807, 2.05) is 47.3 Å². The van der Waals surface area contributed by atoms with Gasteiger partial charge in [0.15, 0.2) is 5.69 Å². The van der Waals surface area contributed by atoms with Gasteiger partial charge in [-0.15, -0.1) is 5.10 Å². The van der Waals surface area contributed by atoms with Gasteiger partial charge in [0.05, 0.1) is 47.5 Å². The molecule has 0 aliphatic carbocycles. The minimum Gasteiger partial charge on any atom is -0.323 e. The Morgan fingerprint density at radius 2 is 1.81 bits per heavy atom. The number of fused-ring (bicyclic) bond motifs is 4. The summed E-state index contributed by atoms with van der Waals surface area (Å²) in [6.45, 7) is 1.86. The van der Waals surface area contributed by atoms with Gasteiger partial charge >= 0.3 is 6.18 Å². The second-order valence-corrected chi connectivity index (χ2v) is 13.0. The molecule has 238 valence electrons. The molecule has 0 unspecified atom stereocenters. The molecule has 1 aromatic carbocycles. The molecule has 18 heteroatoms. The van der Waals surface area contributed by atoms with Gasteiger partial charge in [-0.3, -0.25) is 23.8 Å². The zero-order valence-corrected chi connectivity index (χ0v) is 26.7. The first-order valence-electron chi connectivity index (χ1n) is 14.9. The maximum atomic E-state index is 13.8. The molecule has 1 amide bonds. The second-order valence-electron chi connectivity index (χ2n) is 12.5. The quantitative estimate of drug-likeness (QED) is 0.294. The van der Waals surface area contributed by atoms with Crippen LogP contribution in [0.5, 0.6) is 0 Å². The van der Waals surface area contributed by atoms with Gasteiger partial charge in [-0.2, -0.15) is 18.3 Å². The van der Waals surface area contributed by atoms with Gasteiger partial charge in [0, 0.05) is 28.8 Å². The van der Waals surface area contributed by atoms with Crippen LogP contribution in [0.3, 0.4) is 0 Å². The van der Waals surface area contributed by atoms with E-state index in [4.69, 9.17) is 11.6 Å². The molecule has 2 bridgehead atoms. The van der Waals surface area contributed by atoms with Crippen molar-refractivity contribution >= 4 is 46.7 Å². The van der Waals surface area contributed by atoms with E-state index in [-0.39, 0.29) is 23.2 Å². The van der Waals surface area contributed by atoms with Crippen LogP contribution in [0.2, 0.25) is 5.02 Å². The number of hydrogen-bond donors (Lipinski definition) is 1. The number of carbonyl (C=O) groups excluding carboxylic acids is 1. The number of rotatable bonds is 4. The summed E-state index contributed by atoms with van der Waals surface area (Å²) in [6.07, 6.45) is 2.52. The number of benzene rings is 1. The van der Waals surface area contributed by atoms with Gasteiger partial charge in [-0.05, 0) is 54.0 Å². The predicted octanol–water partition coefficient (Wildman–Crippen LogP) is 2.24. The van der Waals surface area contributed by atoms with Crippen LogP contribution in [0.15, 0.2) is 66.1 Å². The number of nitrogens with one attached hydrogen (secondary N) is 1. The molecule has 47 heavy (non-hydrogen) atoms. The number of nitrogens with zero attached hydrogens (tertiary/aromatic N) is 8. The molecule has 11 nitrogen and oxygen atoms in total. The van der Waals surface area contributed by atoms with E-state index >= 15 is 0 Å². The number of carbonyl (C=O) groups is 1. The van der Waals surface area contributed by atoms with Crippen LogP contribution in [0.4, 0.5) is 18.9 Å². The van der Waals surface area contributed by atoms with Crippen LogP contribution in [0.25, 0.3) is 28.3 Å². The molecule has 0 saturated carbocycles. The monoisotopic (exact) mass is 659 g/mol. The average Bonchev–Trinajstić information content (AvgIpc) is 3.67. The number of alkyl halides is 3. The van der Waals surface area contributed by atoms with Crippen molar-refractivity contribution < 1.29 is 18.0 Å². The van der Waals surface area contributed by atoms with E-state index < -0.39 is 28.7 Å². The standard InChI is InChI=1S/C29H28B3ClF3N9O2/c1-15-3-2-4-22(16-7-8-37-20(9-16)26-21(40-27(15)47)12-39-45(26)29(30,31)32)43-14-38-19(11-25(43)46)18-10-17(33)5-6-23(18)44-13-24(41-42-44)28(34,35)36/h5-15,22H,2-4,30-32H2,1H3,(H,40,47)/t15-,22+/m1/s1. The number of hydrogen-bond acceptors (Lipinski definition) is 7. The number of halogens is 4. The zero-order chi connectivity index (χ0) is 33.7. The highest BCUT2D eigenvalue weighted by Crippen LogP contribution is 2.35. The molecule has 0 saturated heterocycles. The van der Waals surface area contributed by atoms with Crippen LogP contribution in [-0.4, -0.2) is 68.8 Å². The highest BCUT2D eigenvalue weighted by atomic mass is 35.5. The van der Waals surface area contributed by atoms with Crippen molar-refractivity contribution in [3.63, 3.8) is 0 Å². The Balaban J connectivity index is 1.44. The van der Waals surface area contributed by atoms with Crippen molar-refractivity contribution in [2.24, 2.45) is 5.92 Å². The lowest BCUT2D eigenvalue weighted by molar-refractivity contribution is -0.141. The first-order chi connectivity index (χ1) is 22.2. The molecule has 1 aliphatic rings. The summed E-state index contributed by atoms with van der Waals surface area (Å²) in [5.74, 6) is -0.441. The third-order valence-electron chi connectivity index (χ3n) is 8.07. The van der Waals surface area contributed by atoms with E-state index in [0.29, 0.717) is 46.9 Å². The molecular formula is C29H28B3ClF3N9O2. The topological polar surface area (TPSA) is 125 Å². The summed E-state index contributed by atoms with van der Waals surface area (Å²) in [5, 5.41) is 14.4. The van der Waals surface area contributed by atoms with Crippen LogP contribution in [-0.2, 0) is 16.2 Å². The highest BCUT2D eigenvalue weighted by Gasteiger charge is 2.35. The molecule has 1 aliphatic heterocycles. The largest absolute Gasteiger partial charge is 0.436 e. The maximum Gasteiger partial charge on any atom is 0.436 e. The molecule has 5 aromatic rings. The second kappa shape index (κ2) is 12.2. The lowest BCUT2D eigenvalue weighted by atomic mass is 9.49. The van der Waals surface area contributed by atoms with Gasteiger partial charge in [-0.1, -0.05) is 30.2 Å². The molecular weight excluding hydrogens is 631 g/mol. The summed E-state index contributed by atoms with van der Waals surface area (Å²) in [6, 6.07) is 9.09. The lowest BCUT2D eigenvalue weighted by Gasteiger charge is -2.25. The SMILES string of the molecule is BC(B)(B)n1ncc2c1-c1cc(ccn1)[C@@H](n1cnc(-c3cc(Cl)ccc3-n3cc(C(F)(F)F)nn3)cc1=O)CCC[C@@H](C)C(=O)N2. The number of pyridine rings is 1. The minimum atomic E-state index is -4.68. The summed E-state index contributed by atoms with van der Waals surface area (Å²) < 4.78 is 44.0. The normalized spacial score (nSPS) is 17.3. The third kappa shape index (κ3) is 6.48. The molecule has 6 rings (SSSR count). The van der Waals surface area contributed by atoms with E-state index in [2.05, 4.69) is 30.7 Å². The van der Waals surface area contributed by atoms with E-state index in [9.17, 15) is 22.8 Å². The van der Waals surface area contributed by atoms with Crippen molar-refractivity contribution in [1.82, 2.24) is 39.3 Å². The fourth-order valence-corrected chi connectivity index (χ4v) is 5.84. The Hall–Kier alpha value is -4.66. The lowest BCUT2D eigenvalue weighted by Crippen LogP contribution is -2.36. The molecule has 1 N–H and O–H groups in total. The Labute approximate surface area is 274 Å². The molecule has 2 atom stereocenters. The Morgan fingerprint density at radius 1 is 1.02 bits per heavy atom. The molecule has 0 radical (unpaired) electrons. The Bertz CT molecular complexity index is 2040. The maximum absolute atomic E-state index is 13.8. The van der Waals surface area contributed by atoms with Crippen molar-refractivity contribution in [1.29, 1.82) is 0 Å². The van der Waals surface area contributed by atoms with Crippen molar-refractivity contribution in [2.45, 2.75) is 43.6 Å². The fourth-order valence-electron chi connectivity index (χ4n) is 5.67. The van der Waals surface area contributed by atoms with Crippen LogP contribution >= 0.6 is 11.6 Å². The third-order valence-corrected chi connectivity index (χ3v) is 8.31. The van der Waals surface area contributed by atoms with E-state index in [1.54, 1.807) is 12.4 Å². The van der Waals surface area contributed by atoms with Crippen molar-refractivity contribution in [3.8, 4) is 28.3 Å². The van der Waals surface area contributed by atoms with E-state index in [1.165, 1.54) is 35.2 Å².